The van der Waals surface area contributed by atoms with Crippen molar-refractivity contribution in [1.82, 2.24) is 14.9 Å². The largest absolute Gasteiger partial charge is 0.449 e. The van der Waals surface area contributed by atoms with E-state index >= 15 is 0 Å². The number of aryl methyl sites for hydroxylation is 2. The van der Waals surface area contributed by atoms with Gasteiger partial charge in [0.05, 0.1) is 28.9 Å². The van der Waals surface area contributed by atoms with Gasteiger partial charge in [0.1, 0.15) is 5.75 Å². The lowest BCUT2D eigenvalue weighted by Gasteiger charge is -2.22. The van der Waals surface area contributed by atoms with E-state index in [1.807, 2.05) is 39.0 Å². The predicted octanol–water partition coefficient (Wildman–Crippen LogP) is 7.04. The SMILES string of the molecule is CCCCOC(=O)N(c1ccc(C#N)cc1)c1nc(C=CN(C)C)c([N+](=O)[O-])c(Oc2c(C)cc(Br)cc2C)n1. The number of carbonyl (C=O) groups is 1. The molecule has 0 bridgehead atoms. The summed E-state index contributed by atoms with van der Waals surface area (Å²) in [5.41, 5.74) is 1.57. The van der Waals surface area contributed by atoms with Gasteiger partial charge < -0.3 is 14.4 Å². The fourth-order valence-corrected chi connectivity index (χ4v) is 4.32. The van der Waals surface area contributed by atoms with E-state index in [1.165, 1.54) is 18.2 Å². The van der Waals surface area contributed by atoms with Crippen LogP contribution in [0.3, 0.4) is 0 Å². The molecule has 0 radical (unpaired) electrons. The normalized spacial score (nSPS) is 10.7. The van der Waals surface area contributed by atoms with Crippen LogP contribution in [0.5, 0.6) is 11.6 Å². The number of benzene rings is 2. The summed E-state index contributed by atoms with van der Waals surface area (Å²) < 4.78 is 12.4. The Morgan fingerprint density at radius 1 is 1.18 bits per heavy atom. The van der Waals surface area contributed by atoms with Gasteiger partial charge in [-0.1, -0.05) is 29.3 Å². The van der Waals surface area contributed by atoms with Crippen molar-refractivity contribution >= 4 is 45.4 Å². The first-order chi connectivity index (χ1) is 19.0. The number of nitriles is 1. The Balaban J connectivity index is 2.28. The molecule has 11 nitrogen and oxygen atoms in total. The molecule has 3 rings (SSSR count). The number of hydrogen-bond acceptors (Lipinski definition) is 9. The number of unbranched alkanes of at least 4 members (excludes halogenated alkanes) is 1. The molecular weight excluding hydrogens is 580 g/mol. The first-order valence-corrected chi connectivity index (χ1v) is 13.2. The van der Waals surface area contributed by atoms with Gasteiger partial charge in [0.25, 0.3) is 0 Å². The first kappa shape index (κ1) is 30.0. The van der Waals surface area contributed by atoms with Crippen LogP contribution < -0.4 is 9.64 Å². The van der Waals surface area contributed by atoms with Crippen LogP contribution in [0.2, 0.25) is 0 Å². The number of nitrogens with zero attached hydrogens (tertiary/aromatic N) is 6. The van der Waals surface area contributed by atoms with Gasteiger partial charge in [-0.25, -0.2) is 14.7 Å². The lowest BCUT2D eigenvalue weighted by Crippen LogP contribution is -2.29. The minimum Gasteiger partial charge on any atom is -0.449 e. The Hall–Kier alpha value is -4.50. The number of nitro groups is 1. The van der Waals surface area contributed by atoms with Gasteiger partial charge in [0, 0.05) is 24.8 Å². The Labute approximate surface area is 240 Å². The van der Waals surface area contributed by atoms with Crippen molar-refractivity contribution < 1.29 is 19.2 Å². The molecule has 1 heterocycles. The highest BCUT2D eigenvalue weighted by Crippen LogP contribution is 2.39. The average molecular weight is 609 g/mol. The Morgan fingerprint density at radius 2 is 1.82 bits per heavy atom. The van der Waals surface area contributed by atoms with Crippen molar-refractivity contribution in [2.24, 2.45) is 0 Å². The fraction of sp³-hybridized carbons (Fsp3) is 0.286. The number of halogens is 1. The van der Waals surface area contributed by atoms with Gasteiger partial charge in [-0.05, 0) is 73.9 Å². The van der Waals surface area contributed by atoms with E-state index in [4.69, 9.17) is 9.47 Å². The second kappa shape index (κ2) is 13.5. The highest BCUT2D eigenvalue weighted by atomic mass is 79.9. The molecule has 208 valence electrons. The molecule has 0 saturated carbocycles. The zero-order valence-corrected chi connectivity index (χ0v) is 24.4. The van der Waals surface area contributed by atoms with Crippen molar-refractivity contribution in [2.75, 3.05) is 25.6 Å². The van der Waals surface area contributed by atoms with Gasteiger partial charge in [0.15, 0.2) is 5.69 Å². The minimum atomic E-state index is -0.781. The van der Waals surface area contributed by atoms with Gasteiger partial charge in [0.2, 0.25) is 5.95 Å². The van der Waals surface area contributed by atoms with E-state index in [0.717, 1.165) is 26.9 Å². The standard InChI is InChI=1S/C28H29BrN6O5/c1-6-7-14-39-28(36)34(22-10-8-20(17-30)9-11-22)27-31-23(12-13-33(4)5)24(35(37)38)26(32-27)40-25-18(2)15-21(29)16-19(25)3/h8-13,15-16H,6-7,14H2,1-5H3. The van der Waals surface area contributed by atoms with Crippen molar-refractivity contribution in [3.63, 3.8) is 0 Å². The van der Waals surface area contributed by atoms with Crippen LogP contribution >= 0.6 is 15.9 Å². The number of hydrogen-bond donors (Lipinski definition) is 0. The molecule has 0 aliphatic carbocycles. The van der Waals surface area contributed by atoms with Crippen LogP contribution in [0.15, 0.2) is 47.1 Å². The van der Waals surface area contributed by atoms with Gasteiger partial charge in [-0.2, -0.15) is 10.2 Å². The first-order valence-electron chi connectivity index (χ1n) is 12.4. The highest BCUT2D eigenvalue weighted by Gasteiger charge is 2.31. The summed E-state index contributed by atoms with van der Waals surface area (Å²) >= 11 is 3.44. The average Bonchev–Trinajstić information content (AvgIpc) is 2.89. The molecule has 1 aromatic heterocycles. The van der Waals surface area contributed by atoms with E-state index in [-0.39, 0.29) is 24.1 Å². The van der Waals surface area contributed by atoms with Crippen molar-refractivity contribution in [3.8, 4) is 17.7 Å². The molecule has 3 aromatic rings. The lowest BCUT2D eigenvalue weighted by atomic mass is 10.1. The van der Waals surface area contributed by atoms with Crippen LogP contribution in [0.25, 0.3) is 6.08 Å². The summed E-state index contributed by atoms with van der Waals surface area (Å²) in [6.45, 7) is 5.73. The van der Waals surface area contributed by atoms with Crippen molar-refractivity contribution in [3.05, 3.63) is 79.6 Å². The van der Waals surface area contributed by atoms with Crippen LogP contribution in [0.1, 0.15) is 42.1 Å². The van der Waals surface area contributed by atoms with Crippen molar-refractivity contribution in [2.45, 2.75) is 33.6 Å². The van der Waals surface area contributed by atoms with Gasteiger partial charge in [-0.3, -0.25) is 10.1 Å². The Kier molecular flexibility index (Phi) is 10.2. The summed E-state index contributed by atoms with van der Waals surface area (Å²) in [6, 6.07) is 11.8. The topological polar surface area (TPSA) is 135 Å². The molecule has 0 saturated heterocycles. The Morgan fingerprint density at radius 3 is 2.38 bits per heavy atom. The summed E-state index contributed by atoms with van der Waals surface area (Å²) in [5.74, 6) is -0.159. The minimum absolute atomic E-state index is 0.0777. The van der Waals surface area contributed by atoms with E-state index in [9.17, 15) is 20.2 Å². The monoisotopic (exact) mass is 608 g/mol. The van der Waals surface area contributed by atoms with Crippen LogP contribution in [0, 0.1) is 35.3 Å². The molecule has 0 unspecified atom stereocenters. The molecule has 0 N–H and O–H groups in total. The lowest BCUT2D eigenvalue weighted by molar-refractivity contribution is -0.386. The summed E-state index contributed by atoms with van der Waals surface area (Å²) in [6.07, 6.45) is 3.70. The predicted molar refractivity (Wildman–Crippen MR) is 155 cm³/mol. The molecule has 40 heavy (non-hydrogen) atoms. The third kappa shape index (κ3) is 7.33. The molecule has 0 fully saturated rings. The zero-order chi connectivity index (χ0) is 29.4. The molecule has 0 aliphatic rings. The number of anilines is 2. The number of aromatic nitrogens is 2. The second-order valence-corrected chi connectivity index (χ2v) is 9.95. The van der Waals surface area contributed by atoms with E-state index in [0.29, 0.717) is 23.4 Å². The third-order valence-electron chi connectivity index (χ3n) is 5.56. The summed E-state index contributed by atoms with van der Waals surface area (Å²) in [5, 5.41) is 21.5. The Bertz CT molecular complexity index is 1440. The third-order valence-corrected chi connectivity index (χ3v) is 6.02. The quantitative estimate of drug-likeness (QED) is 0.135. The van der Waals surface area contributed by atoms with Crippen molar-refractivity contribution in [1.29, 1.82) is 5.26 Å². The molecule has 0 atom stereocenters. The maximum Gasteiger partial charge on any atom is 0.421 e. The van der Waals surface area contributed by atoms with Crippen LogP contribution in [-0.4, -0.2) is 46.6 Å². The second-order valence-electron chi connectivity index (χ2n) is 9.03. The molecule has 1 amide bonds. The highest BCUT2D eigenvalue weighted by molar-refractivity contribution is 9.10. The summed E-state index contributed by atoms with van der Waals surface area (Å²) in [7, 11) is 3.51. The van der Waals surface area contributed by atoms with Gasteiger partial charge in [-0.15, -0.1) is 0 Å². The van der Waals surface area contributed by atoms with E-state index in [1.54, 1.807) is 37.3 Å². The van der Waals surface area contributed by atoms with E-state index < -0.39 is 16.7 Å². The van der Waals surface area contributed by atoms with Crippen LogP contribution in [-0.2, 0) is 4.74 Å². The molecule has 2 aromatic carbocycles. The number of carbonyl (C=O) groups excluding carboxylic acids is 1. The molecular formula is C28H29BrN6O5. The maximum absolute atomic E-state index is 13.3. The fourth-order valence-electron chi connectivity index (χ4n) is 3.63. The smallest absolute Gasteiger partial charge is 0.421 e. The molecule has 0 aliphatic heterocycles. The number of rotatable bonds is 10. The molecule has 0 spiro atoms. The number of amides is 1. The maximum atomic E-state index is 13.3. The summed E-state index contributed by atoms with van der Waals surface area (Å²) in [4.78, 5) is 36.6. The van der Waals surface area contributed by atoms with Crippen LogP contribution in [0.4, 0.5) is 22.1 Å². The molecule has 12 heteroatoms. The number of ether oxygens (including phenoxy) is 2. The van der Waals surface area contributed by atoms with E-state index in [2.05, 4.69) is 25.9 Å². The zero-order valence-electron chi connectivity index (χ0n) is 22.8. The van der Waals surface area contributed by atoms with Gasteiger partial charge >= 0.3 is 17.7 Å².